The molecule has 2 heterocycles. The zero-order valence-corrected chi connectivity index (χ0v) is 12.5. The Labute approximate surface area is 122 Å². The van der Waals surface area contributed by atoms with Gasteiger partial charge in [-0.3, -0.25) is 4.79 Å². The van der Waals surface area contributed by atoms with E-state index in [4.69, 9.17) is 9.52 Å². The fourth-order valence-corrected chi connectivity index (χ4v) is 2.08. The molecular formula is C14H18N4O3. The van der Waals surface area contributed by atoms with Crippen LogP contribution in [0.5, 0.6) is 0 Å². The van der Waals surface area contributed by atoms with E-state index in [1.165, 1.54) is 0 Å². The van der Waals surface area contributed by atoms with Crippen molar-refractivity contribution < 1.29 is 14.3 Å². The highest BCUT2D eigenvalue weighted by atomic mass is 16.4. The number of hydrogen-bond donors (Lipinski definition) is 1. The van der Waals surface area contributed by atoms with Crippen LogP contribution in [0.4, 0.5) is 0 Å². The van der Waals surface area contributed by atoms with Crippen molar-refractivity contribution in [1.29, 1.82) is 0 Å². The maximum absolute atomic E-state index is 10.8. The highest BCUT2D eigenvalue weighted by Crippen LogP contribution is 2.27. The predicted octanol–water partition coefficient (Wildman–Crippen LogP) is 2.19. The summed E-state index contributed by atoms with van der Waals surface area (Å²) >= 11 is 0. The van der Waals surface area contributed by atoms with Crippen molar-refractivity contribution in [2.24, 2.45) is 5.41 Å². The van der Waals surface area contributed by atoms with Crippen molar-refractivity contribution in [3.63, 3.8) is 0 Å². The van der Waals surface area contributed by atoms with E-state index in [2.05, 4.69) is 20.4 Å². The number of carboxylic acid groups (broad SMARTS) is 1. The van der Waals surface area contributed by atoms with E-state index in [0.29, 0.717) is 23.9 Å². The van der Waals surface area contributed by atoms with Crippen LogP contribution >= 0.6 is 0 Å². The molecule has 2 rings (SSSR count). The second-order valence-corrected chi connectivity index (χ2v) is 5.90. The molecule has 112 valence electrons. The SMILES string of the molecule is Cc1cc(-c2nnc(CC(C)(C)CC(=O)O)o2)c(C)nn1. The van der Waals surface area contributed by atoms with Crippen LogP contribution in [-0.2, 0) is 11.2 Å². The first-order valence-electron chi connectivity index (χ1n) is 6.62. The summed E-state index contributed by atoms with van der Waals surface area (Å²) in [5, 5.41) is 24.9. The Balaban J connectivity index is 2.22. The molecule has 0 unspecified atom stereocenters. The molecular weight excluding hydrogens is 272 g/mol. The minimum absolute atomic E-state index is 0.0413. The van der Waals surface area contributed by atoms with Crippen molar-refractivity contribution in [2.45, 2.75) is 40.5 Å². The lowest BCUT2D eigenvalue weighted by Gasteiger charge is -2.19. The normalized spacial score (nSPS) is 11.6. The lowest BCUT2D eigenvalue weighted by Crippen LogP contribution is -2.19. The number of carbonyl (C=O) groups is 1. The third-order valence-corrected chi connectivity index (χ3v) is 3.06. The number of carboxylic acids is 1. The van der Waals surface area contributed by atoms with E-state index < -0.39 is 11.4 Å². The van der Waals surface area contributed by atoms with Gasteiger partial charge in [0, 0.05) is 6.42 Å². The van der Waals surface area contributed by atoms with Gasteiger partial charge in [-0.25, -0.2) is 0 Å². The molecule has 0 spiro atoms. The van der Waals surface area contributed by atoms with Crippen LogP contribution < -0.4 is 0 Å². The molecule has 2 aromatic rings. The zero-order valence-electron chi connectivity index (χ0n) is 12.5. The highest BCUT2D eigenvalue weighted by Gasteiger charge is 2.25. The van der Waals surface area contributed by atoms with Crippen molar-refractivity contribution in [1.82, 2.24) is 20.4 Å². The zero-order chi connectivity index (χ0) is 15.6. The number of nitrogens with zero attached hydrogens (tertiary/aromatic N) is 4. The van der Waals surface area contributed by atoms with Gasteiger partial charge >= 0.3 is 5.97 Å². The van der Waals surface area contributed by atoms with E-state index in [1.54, 1.807) is 0 Å². The van der Waals surface area contributed by atoms with Gasteiger partial charge in [-0.15, -0.1) is 10.2 Å². The Morgan fingerprint density at radius 3 is 2.62 bits per heavy atom. The molecule has 0 radical (unpaired) electrons. The summed E-state index contributed by atoms with van der Waals surface area (Å²) in [6.45, 7) is 7.37. The van der Waals surface area contributed by atoms with Gasteiger partial charge in [-0.1, -0.05) is 13.8 Å². The summed E-state index contributed by atoms with van der Waals surface area (Å²) in [4.78, 5) is 10.8. The number of aromatic nitrogens is 4. The Bertz CT molecular complexity index is 664. The third-order valence-electron chi connectivity index (χ3n) is 3.06. The van der Waals surface area contributed by atoms with Crippen LogP contribution in [0.25, 0.3) is 11.5 Å². The average molecular weight is 290 g/mol. The first kappa shape index (κ1) is 15.1. The predicted molar refractivity (Wildman–Crippen MR) is 74.5 cm³/mol. The number of hydrogen-bond acceptors (Lipinski definition) is 6. The quantitative estimate of drug-likeness (QED) is 0.900. The number of aliphatic carboxylic acids is 1. The summed E-state index contributed by atoms with van der Waals surface area (Å²) < 4.78 is 5.64. The Morgan fingerprint density at radius 2 is 1.95 bits per heavy atom. The monoisotopic (exact) mass is 290 g/mol. The molecule has 7 heteroatoms. The highest BCUT2D eigenvalue weighted by molar-refractivity contribution is 5.67. The van der Waals surface area contributed by atoms with Gasteiger partial charge < -0.3 is 9.52 Å². The summed E-state index contributed by atoms with van der Waals surface area (Å²) in [5.41, 5.74) is 1.77. The minimum Gasteiger partial charge on any atom is -0.481 e. The first-order chi connectivity index (χ1) is 9.77. The molecule has 0 fully saturated rings. The maximum atomic E-state index is 10.8. The van der Waals surface area contributed by atoms with Gasteiger partial charge in [0.1, 0.15) is 0 Å². The van der Waals surface area contributed by atoms with Gasteiger partial charge in [0.25, 0.3) is 0 Å². The number of rotatable bonds is 5. The van der Waals surface area contributed by atoms with Crippen LogP contribution in [-0.4, -0.2) is 31.5 Å². The van der Waals surface area contributed by atoms with Crippen molar-refractivity contribution in [3.8, 4) is 11.5 Å². The Kier molecular flexibility index (Phi) is 4.02. The molecule has 0 atom stereocenters. The van der Waals surface area contributed by atoms with Crippen LogP contribution in [0.2, 0.25) is 0 Å². The van der Waals surface area contributed by atoms with E-state index in [9.17, 15) is 4.79 Å². The molecule has 7 nitrogen and oxygen atoms in total. The molecule has 0 aromatic carbocycles. The summed E-state index contributed by atoms with van der Waals surface area (Å²) in [6, 6.07) is 1.84. The molecule has 0 bridgehead atoms. The van der Waals surface area contributed by atoms with E-state index in [0.717, 1.165) is 11.3 Å². The first-order valence-corrected chi connectivity index (χ1v) is 6.62. The maximum Gasteiger partial charge on any atom is 0.303 e. The Hall–Kier alpha value is -2.31. The van der Waals surface area contributed by atoms with Crippen LogP contribution in [0.3, 0.4) is 0 Å². The van der Waals surface area contributed by atoms with Gasteiger partial charge in [0.05, 0.1) is 23.4 Å². The molecule has 1 N–H and O–H groups in total. The largest absolute Gasteiger partial charge is 0.481 e. The average Bonchev–Trinajstić information content (AvgIpc) is 2.78. The fraction of sp³-hybridized carbons (Fsp3) is 0.500. The second-order valence-electron chi connectivity index (χ2n) is 5.90. The topological polar surface area (TPSA) is 102 Å². The molecule has 0 aliphatic heterocycles. The van der Waals surface area contributed by atoms with Crippen LogP contribution in [0.15, 0.2) is 10.5 Å². The minimum atomic E-state index is -0.843. The van der Waals surface area contributed by atoms with E-state index in [1.807, 2.05) is 33.8 Å². The van der Waals surface area contributed by atoms with Crippen LogP contribution in [0.1, 0.15) is 37.5 Å². The summed E-state index contributed by atoms with van der Waals surface area (Å²) in [7, 11) is 0. The standard InChI is InChI=1S/C14H18N4O3/c1-8-5-10(9(2)16-15-8)13-18-17-11(21-13)6-14(3,4)7-12(19)20/h5H,6-7H2,1-4H3,(H,19,20). The fourth-order valence-electron chi connectivity index (χ4n) is 2.08. The van der Waals surface area contributed by atoms with Gasteiger partial charge in [0.2, 0.25) is 11.8 Å². The summed E-state index contributed by atoms with van der Waals surface area (Å²) in [5.74, 6) is -0.0405. The van der Waals surface area contributed by atoms with Gasteiger partial charge in [-0.2, -0.15) is 10.2 Å². The van der Waals surface area contributed by atoms with Gasteiger partial charge in [0.15, 0.2) is 0 Å². The second kappa shape index (κ2) is 5.59. The lowest BCUT2D eigenvalue weighted by atomic mass is 9.86. The van der Waals surface area contributed by atoms with Gasteiger partial charge in [-0.05, 0) is 25.3 Å². The van der Waals surface area contributed by atoms with Crippen molar-refractivity contribution in [2.75, 3.05) is 0 Å². The van der Waals surface area contributed by atoms with Crippen molar-refractivity contribution >= 4 is 5.97 Å². The number of aryl methyl sites for hydroxylation is 2. The molecule has 0 aliphatic carbocycles. The Morgan fingerprint density at radius 1 is 1.24 bits per heavy atom. The van der Waals surface area contributed by atoms with Crippen LogP contribution in [0, 0.1) is 19.3 Å². The third kappa shape index (κ3) is 3.84. The summed E-state index contributed by atoms with van der Waals surface area (Å²) in [6.07, 6.45) is 0.447. The van der Waals surface area contributed by atoms with E-state index >= 15 is 0 Å². The molecule has 0 saturated carbocycles. The van der Waals surface area contributed by atoms with Crippen molar-refractivity contribution in [3.05, 3.63) is 23.3 Å². The molecule has 0 saturated heterocycles. The molecule has 2 aromatic heterocycles. The molecule has 21 heavy (non-hydrogen) atoms. The molecule has 0 aliphatic rings. The van der Waals surface area contributed by atoms with E-state index in [-0.39, 0.29) is 6.42 Å². The lowest BCUT2D eigenvalue weighted by molar-refractivity contribution is -0.139. The molecule has 0 amide bonds. The smallest absolute Gasteiger partial charge is 0.303 e.